The molecule has 118 valence electrons. The molecule has 0 amide bonds. The molecule has 0 saturated heterocycles. The first-order valence-corrected chi connectivity index (χ1v) is 7.51. The molecule has 24 heavy (non-hydrogen) atoms. The van der Waals surface area contributed by atoms with Crippen LogP contribution in [0.4, 0.5) is 11.4 Å². The molecular formula is C20H16N2O2. The molecule has 0 unspecified atom stereocenters. The Morgan fingerprint density at radius 1 is 0.875 bits per heavy atom. The molecule has 3 aromatic rings. The SMILES string of the molecule is C=C(C)C(=O)Oc1ccc(/N=N/c2ccccc2)c2ccccc12. The summed E-state index contributed by atoms with van der Waals surface area (Å²) in [4.78, 5) is 11.8. The molecule has 0 fully saturated rings. The Hall–Kier alpha value is -3.27. The van der Waals surface area contributed by atoms with Crippen LogP contribution in [0.5, 0.6) is 5.75 Å². The van der Waals surface area contributed by atoms with E-state index in [9.17, 15) is 4.79 Å². The fourth-order valence-corrected chi connectivity index (χ4v) is 2.22. The van der Waals surface area contributed by atoms with E-state index in [-0.39, 0.29) is 0 Å². The molecule has 3 rings (SSSR count). The standard InChI is InChI=1S/C20H16N2O2/c1-14(2)20(23)24-19-13-12-18(16-10-6-7-11-17(16)19)22-21-15-8-4-3-5-9-15/h3-13H,1H2,2H3/b22-21+. The lowest BCUT2D eigenvalue weighted by atomic mass is 10.1. The van der Waals surface area contributed by atoms with E-state index in [1.54, 1.807) is 19.1 Å². The number of esters is 1. The van der Waals surface area contributed by atoms with Crippen LogP contribution in [0, 0.1) is 0 Å². The van der Waals surface area contributed by atoms with Gasteiger partial charge < -0.3 is 4.74 Å². The van der Waals surface area contributed by atoms with E-state index in [1.165, 1.54) is 0 Å². The van der Waals surface area contributed by atoms with Crippen LogP contribution < -0.4 is 4.74 Å². The van der Waals surface area contributed by atoms with Crippen LogP contribution in [0.2, 0.25) is 0 Å². The summed E-state index contributed by atoms with van der Waals surface area (Å²) in [5.74, 6) is 0.0380. The summed E-state index contributed by atoms with van der Waals surface area (Å²) in [6, 6.07) is 20.6. The Kier molecular flexibility index (Phi) is 4.47. The topological polar surface area (TPSA) is 51.0 Å². The van der Waals surface area contributed by atoms with Crippen molar-refractivity contribution >= 4 is 28.1 Å². The third-order valence-corrected chi connectivity index (χ3v) is 3.44. The van der Waals surface area contributed by atoms with E-state index in [0.717, 1.165) is 16.5 Å². The van der Waals surface area contributed by atoms with E-state index in [0.29, 0.717) is 17.0 Å². The maximum atomic E-state index is 11.8. The van der Waals surface area contributed by atoms with Gasteiger partial charge in [0, 0.05) is 16.3 Å². The average Bonchev–Trinajstić information content (AvgIpc) is 2.61. The third-order valence-electron chi connectivity index (χ3n) is 3.44. The number of benzene rings is 3. The van der Waals surface area contributed by atoms with Gasteiger partial charge in [0.1, 0.15) is 5.75 Å². The summed E-state index contributed by atoms with van der Waals surface area (Å²) < 4.78 is 5.40. The van der Waals surface area contributed by atoms with Gasteiger partial charge in [-0.3, -0.25) is 0 Å². The smallest absolute Gasteiger partial charge is 0.338 e. The monoisotopic (exact) mass is 316 g/mol. The summed E-state index contributed by atoms with van der Waals surface area (Å²) in [7, 11) is 0. The van der Waals surface area contributed by atoms with Crippen molar-refractivity contribution in [3.8, 4) is 5.75 Å². The third kappa shape index (κ3) is 3.38. The van der Waals surface area contributed by atoms with E-state index >= 15 is 0 Å². The highest BCUT2D eigenvalue weighted by molar-refractivity contribution is 5.99. The minimum absolute atomic E-state index is 0.354. The summed E-state index contributed by atoms with van der Waals surface area (Å²) in [6.45, 7) is 5.22. The molecule has 4 heteroatoms. The first kappa shape index (κ1) is 15.6. The number of carbonyl (C=O) groups excluding carboxylic acids is 1. The summed E-state index contributed by atoms with van der Waals surface area (Å²) in [5, 5.41) is 10.2. The number of ether oxygens (including phenoxy) is 1. The van der Waals surface area contributed by atoms with Gasteiger partial charge in [-0.05, 0) is 31.2 Å². The normalized spacial score (nSPS) is 10.9. The van der Waals surface area contributed by atoms with Crippen molar-refractivity contribution in [3.05, 3.63) is 78.9 Å². The summed E-state index contributed by atoms with van der Waals surface area (Å²) in [5.41, 5.74) is 1.84. The lowest BCUT2D eigenvalue weighted by Crippen LogP contribution is -2.08. The predicted octanol–water partition coefficient (Wildman–Crippen LogP) is 5.74. The minimum Gasteiger partial charge on any atom is -0.423 e. The molecular weight excluding hydrogens is 300 g/mol. The second-order valence-electron chi connectivity index (χ2n) is 5.33. The van der Waals surface area contributed by atoms with Crippen LogP contribution in [0.1, 0.15) is 6.92 Å². The van der Waals surface area contributed by atoms with Crippen LogP contribution in [-0.4, -0.2) is 5.97 Å². The van der Waals surface area contributed by atoms with Gasteiger partial charge in [0.2, 0.25) is 0 Å². The van der Waals surface area contributed by atoms with Gasteiger partial charge in [0.05, 0.1) is 11.4 Å². The zero-order valence-electron chi connectivity index (χ0n) is 13.3. The molecule has 0 heterocycles. The highest BCUT2D eigenvalue weighted by Gasteiger charge is 2.11. The quantitative estimate of drug-likeness (QED) is 0.267. The lowest BCUT2D eigenvalue weighted by Gasteiger charge is -2.09. The van der Waals surface area contributed by atoms with Crippen LogP contribution in [-0.2, 0) is 4.79 Å². The maximum Gasteiger partial charge on any atom is 0.338 e. The first-order chi connectivity index (χ1) is 11.6. The maximum absolute atomic E-state index is 11.8. The molecule has 0 bridgehead atoms. The highest BCUT2D eigenvalue weighted by Crippen LogP contribution is 2.34. The van der Waals surface area contributed by atoms with Crippen molar-refractivity contribution < 1.29 is 9.53 Å². The van der Waals surface area contributed by atoms with Crippen molar-refractivity contribution in [3.63, 3.8) is 0 Å². The molecule has 0 atom stereocenters. The molecule has 0 N–H and O–H groups in total. The number of rotatable bonds is 4. The highest BCUT2D eigenvalue weighted by atomic mass is 16.5. The molecule has 3 aromatic carbocycles. The molecule has 0 radical (unpaired) electrons. The first-order valence-electron chi connectivity index (χ1n) is 7.51. The molecule has 4 nitrogen and oxygen atoms in total. The van der Waals surface area contributed by atoms with Crippen LogP contribution in [0.25, 0.3) is 10.8 Å². The van der Waals surface area contributed by atoms with Crippen LogP contribution in [0.3, 0.4) is 0 Å². The number of azo groups is 1. The Morgan fingerprint density at radius 3 is 2.25 bits per heavy atom. The molecule has 0 aliphatic carbocycles. The number of fused-ring (bicyclic) bond motifs is 1. The number of hydrogen-bond donors (Lipinski definition) is 0. The Labute approximate surface area is 140 Å². The molecule has 0 aliphatic rings. The van der Waals surface area contributed by atoms with Crippen molar-refractivity contribution in [1.82, 2.24) is 0 Å². The van der Waals surface area contributed by atoms with Crippen LogP contribution in [0.15, 0.2) is 89.1 Å². The summed E-state index contributed by atoms with van der Waals surface area (Å²) in [6.07, 6.45) is 0. The van der Waals surface area contributed by atoms with Gasteiger partial charge in [-0.2, -0.15) is 5.11 Å². The molecule has 0 aliphatic heterocycles. The second kappa shape index (κ2) is 6.87. The van der Waals surface area contributed by atoms with Gasteiger partial charge in [-0.25, -0.2) is 4.79 Å². The van der Waals surface area contributed by atoms with E-state index in [1.807, 2.05) is 54.6 Å². The average molecular weight is 316 g/mol. The van der Waals surface area contributed by atoms with E-state index in [2.05, 4.69) is 16.8 Å². The molecule has 0 saturated carbocycles. The fourth-order valence-electron chi connectivity index (χ4n) is 2.22. The van der Waals surface area contributed by atoms with E-state index in [4.69, 9.17) is 4.74 Å². The van der Waals surface area contributed by atoms with Crippen molar-refractivity contribution in [2.75, 3.05) is 0 Å². The number of carbonyl (C=O) groups is 1. The van der Waals surface area contributed by atoms with Gasteiger partial charge >= 0.3 is 5.97 Å². The number of nitrogens with zero attached hydrogens (tertiary/aromatic N) is 2. The Morgan fingerprint density at radius 2 is 1.54 bits per heavy atom. The lowest BCUT2D eigenvalue weighted by molar-refractivity contribution is -0.129. The minimum atomic E-state index is -0.446. The van der Waals surface area contributed by atoms with Gasteiger partial charge in [0.15, 0.2) is 0 Å². The van der Waals surface area contributed by atoms with Crippen molar-refractivity contribution in [1.29, 1.82) is 0 Å². The zero-order chi connectivity index (χ0) is 16.9. The van der Waals surface area contributed by atoms with Gasteiger partial charge in [0.25, 0.3) is 0 Å². The van der Waals surface area contributed by atoms with E-state index < -0.39 is 5.97 Å². The summed E-state index contributed by atoms with van der Waals surface area (Å²) >= 11 is 0. The largest absolute Gasteiger partial charge is 0.423 e. The Balaban J connectivity index is 2.01. The van der Waals surface area contributed by atoms with Gasteiger partial charge in [-0.15, -0.1) is 5.11 Å². The zero-order valence-corrected chi connectivity index (χ0v) is 13.3. The predicted molar refractivity (Wildman–Crippen MR) is 95.0 cm³/mol. The number of hydrogen-bond acceptors (Lipinski definition) is 4. The van der Waals surface area contributed by atoms with Gasteiger partial charge in [-0.1, -0.05) is 49.0 Å². The van der Waals surface area contributed by atoms with Crippen molar-refractivity contribution in [2.45, 2.75) is 6.92 Å². The Bertz CT molecular complexity index is 931. The van der Waals surface area contributed by atoms with Crippen LogP contribution >= 0.6 is 0 Å². The second-order valence-corrected chi connectivity index (χ2v) is 5.33. The molecule has 0 aromatic heterocycles. The fraction of sp³-hybridized carbons (Fsp3) is 0.0500. The molecule has 0 spiro atoms. The van der Waals surface area contributed by atoms with Crippen molar-refractivity contribution in [2.24, 2.45) is 10.2 Å².